The number of carbonyl (C=O) groups excluding carboxylic acids is 1. The zero-order chi connectivity index (χ0) is 21.3. The second kappa shape index (κ2) is 11.0. The Morgan fingerprint density at radius 1 is 1.07 bits per heavy atom. The quantitative estimate of drug-likeness (QED) is 0.519. The second-order valence-electron chi connectivity index (χ2n) is 6.01. The van der Waals surface area contributed by atoms with Gasteiger partial charge in [-0.1, -0.05) is 11.6 Å². The van der Waals surface area contributed by atoms with Gasteiger partial charge in [-0.2, -0.15) is 0 Å². The maximum Gasteiger partial charge on any atom is 0.263 e. The molecule has 2 aromatic carbocycles. The van der Waals surface area contributed by atoms with Gasteiger partial charge in [0.25, 0.3) is 15.9 Å². The van der Waals surface area contributed by atoms with Crippen LogP contribution in [0.4, 0.5) is 5.69 Å². The number of carbonyl (C=O) groups is 1. The topological polar surface area (TPSA) is 93.7 Å². The molecule has 0 aliphatic rings. The first kappa shape index (κ1) is 23.0. The summed E-state index contributed by atoms with van der Waals surface area (Å²) < 4.78 is 38.5. The number of nitrogens with one attached hydrogen (secondary N) is 2. The molecule has 0 atom stereocenters. The van der Waals surface area contributed by atoms with Crippen molar-refractivity contribution >= 4 is 33.2 Å². The molecule has 2 rings (SSSR count). The molecule has 0 saturated carbocycles. The number of hydrogen-bond donors (Lipinski definition) is 2. The largest absolute Gasteiger partial charge is 0.494 e. The molecule has 1 amide bonds. The number of ether oxygens (including phenoxy) is 2. The Morgan fingerprint density at radius 2 is 1.79 bits per heavy atom. The summed E-state index contributed by atoms with van der Waals surface area (Å²) in [5, 5.41) is 2.76. The highest BCUT2D eigenvalue weighted by Gasteiger charge is 2.20. The van der Waals surface area contributed by atoms with E-state index in [2.05, 4.69) is 10.0 Å². The average Bonchev–Trinajstić information content (AvgIpc) is 2.69. The van der Waals surface area contributed by atoms with Crippen molar-refractivity contribution in [1.29, 1.82) is 0 Å². The van der Waals surface area contributed by atoms with Crippen LogP contribution in [0.3, 0.4) is 0 Å². The molecule has 158 valence electrons. The Balaban J connectivity index is 2.11. The summed E-state index contributed by atoms with van der Waals surface area (Å²) in [6.07, 6.45) is 0.664. The monoisotopic (exact) mass is 440 g/mol. The first-order chi connectivity index (χ1) is 13.9. The minimum Gasteiger partial charge on any atom is -0.494 e. The maximum atomic E-state index is 12.8. The SMILES string of the molecule is CCOCCCNC(=O)c1ccc(Cl)c(S(=O)(=O)Nc2ccc(OCC)cc2)c1. The van der Waals surface area contributed by atoms with Crippen LogP contribution in [-0.4, -0.2) is 40.7 Å². The second-order valence-corrected chi connectivity index (χ2v) is 8.07. The van der Waals surface area contributed by atoms with Gasteiger partial charge in [0.1, 0.15) is 10.6 Å². The number of sulfonamides is 1. The molecular formula is C20H25ClN2O5S. The number of halogens is 1. The molecule has 2 N–H and O–H groups in total. The Bertz CT molecular complexity index is 917. The lowest BCUT2D eigenvalue weighted by molar-refractivity contribution is 0.0944. The van der Waals surface area contributed by atoms with Crippen molar-refractivity contribution in [2.75, 3.05) is 31.1 Å². The molecule has 0 fully saturated rings. The molecular weight excluding hydrogens is 416 g/mol. The molecule has 29 heavy (non-hydrogen) atoms. The molecule has 0 heterocycles. The Kier molecular flexibility index (Phi) is 8.75. The fourth-order valence-electron chi connectivity index (χ4n) is 2.47. The van der Waals surface area contributed by atoms with Crippen molar-refractivity contribution in [2.45, 2.75) is 25.2 Å². The Labute approximate surface area is 176 Å². The standard InChI is InChI=1S/C20H25ClN2O5S/c1-3-27-13-5-12-22-20(24)15-6-11-18(21)19(14-15)29(25,26)23-16-7-9-17(10-8-16)28-4-2/h6-11,14,23H,3-5,12-13H2,1-2H3,(H,22,24). The molecule has 0 saturated heterocycles. The van der Waals surface area contributed by atoms with Crippen LogP contribution in [0.25, 0.3) is 0 Å². The molecule has 2 aromatic rings. The van der Waals surface area contributed by atoms with E-state index in [-0.39, 0.29) is 21.4 Å². The van der Waals surface area contributed by atoms with Crippen molar-refractivity contribution in [2.24, 2.45) is 0 Å². The van der Waals surface area contributed by atoms with Gasteiger partial charge in [0.05, 0.1) is 11.6 Å². The van der Waals surface area contributed by atoms with Crippen LogP contribution in [0.2, 0.25) is 5.02 Å². The predicted molar refractivity (Wildman–Crippen MR) is 113 cm³/mol. The molecule has 0 aromatic heterocycles. The van der Waals surface area contributed by atoms with E-state index in [0.717, 1.165) is 0 Å². The summed E-state index contributed by atoms with van der Waals surface area (Å²) in [7, 11) is -3.98. The van der Waals surface area contributed by atoms with E-state index in [1.54, 1.807) is 24.3 Å². The molecule has 0 unspecified atom stereocenters. The smallest absolute Gasteiger partial charge is 0.263 e. The summed E-state index contributed by atoms with van der Waals surface area (Å²) in [5.41, 5.74) is 0.563. The van der Waals surface area contributed by atoms with E-state index < -0.39 is 10.0 Å². The summed E-state index contributed by atoms with van der Waals surface area (Å²) >= 11 is 6.09. The number of amides is 1. The number of benzene rings is 2. The maximum absolute atomic E-state index is 12.8. The minimum atomic E-state index is -3.98. The minimum absolute atomic E-state index is 0.0244. The van der Waals surface area contributed by atoms with Crippen molar-refractivity contribution < 1.29 is 22.7 Å². The molecule has 9 heteroatoms. The van der Waals surface area contributed by atoms with Crippen molar-refractivity contribution in [3.63, 3.8) is 0 Å². The van der Waals surface area contributed by atoms with Gasteiger partial charge >= 0.3 is 0 Å². The van der Waals surface area contributed by atoms with Crippen molar-refractivity contribution in [3.05, 3.63) is 53.1 Å². The van der Waals surface area contributed by atoms with Crippen LogP contribution >= 0.6 is 11.6 Å². The van der Waals surface area contributed by atoms with E-state index in [1.807, 2.05) is 13.8 Å². The lowest BCUT2D eigenvalue weighted by atomic mass is 10.2. The van der Waals surface area contributed by atoms with Gasteiger partial charge in [0, 0.05) is 31.0 Å². The third-order valence-electron chi connectivity index (χ3n) is 3.86. The van der Waals surface area contributed by atoms with Gasteiger partial charge in [-0.15, -0.1) is 0 Å². The summed E-state index contributed by atoms with van der Waals surface area (Å²) in [5.74, 6) is 0.257. The summed E-state index contributed by atoms with van der Waals surface area (Å²) in [6, 6.07) is 10.6. The Hall–Kier alpha value is -2.29. The third-order valence-corrected chi connectivity index (χ3v) is 5.72. The highest BCUT2D eigenvalue weighted by molar-refractivity contribution is 7.92. The van der Waals surface area contributed by atoms with Crippen LogP contribution in [-0.2, 0) is 14.8 Å². The van der Waals surface area contributed by atoms with Crippen LogP contribution in [0.15, 0.2) is 47.4 Å². The van der Waals surface area contributed by atoms with E-state index in [0.29, 0.717) is 44.2 Å². The fraction of sp³-hybridized carbons (Fsp3) is 0.350. The van der Waals surface area contributed by atoms with Crippen LogP contribution in [0, 0.1) is 0 Å². The van der Waals surface area contributed by atoms with Gasteiger partial charge in [-0.25, -0.2) is 8.42 Å². The molecule has 0 aliphatic heterocycles. The summed E-state index contributed by atoms with van der Waals surface area (Å²) in [6.45, 7) is 5.86. The van der Waals surface area contributed by atoms with Gasteiger partial charge in [0.15, 0.2) is 0 Å². The highest BCUT2D eigenvalue weighted by Crippen LogP contribution is 2.26. The lowest BCUT2D eigenvalue weighted by Gasteiger charge is -2.12. The fourth-order valence-corrected chi connectivity index (χ4v) is 4.05. The van der Waals surface area contributed by atoms with Gasteiger partial charge in [0.2, 0.25) is 0 Å². The van der Waals surface area contributed by atoms with E-state index in [4.69, 9.17) is 21.1 Å². The average molecular weight is 441 g/mol. The summed E-state index contributed by atoms with van der Waals surface area (Å²) in [4.78, 5) is 12.1. The predicted octanol–water partition coefficient (Wildman–Crippen LogP) is 3.70. The first-order valence-electron chi connectivity index (χ1n) is 9.28. The van der Waals surface area contributed by atoms with E-state index >= 15 is 0 Å². The molecule has 0 aliphatic carbocycles. The van der Waals surface area contributed by atoms with Gasteiger partial charge < -0.3 is 14.8 Å². The molecule has 0 radical (unpaired) electrons. The van der Waals surface area contributed by atoms with Gasteiger partial charge in [-0.05, 0) is 62.7 Å². The molecule has 0 bridgehead atoms. The van der Waals surface area contributed by atoms with E-state index in [1.165, 1.54) is 18.2 Å². The van der Waals surface area contributed by atoms with Gasteiger partial charge in [-0.3, -0.25) is 9.52 Å². The number of anilines is 1. The highest BCUT2D eigenvalue weighted by atomic mass is 35.5. The molecule has 7 nitrogen and oxygen atoms in total. The number of rotatable bonds is 11. The lowest BCUT2D eigenvalue weighted by Crippen LogP contribution is -2.25. The normalized spacial score (nSPS) is 11.1. The van der Waals surface area contributed by atoms with Crippen LogP contribution < -0.4 is 14.8 Å². The zero-order valence-corrected chi connectivity index (χ0v) is 18.0. The number of hydrogen-bond acceptors (Lipinski definition) is 5. The third kappa shape index (κ3) is 6.92. The molecule has 0 spiro atoms. The van der Waals surface area contributed by atoms with E-state index in [9.17, 15) is 13.2 Å². The van der Waals surface area contributed by atoms with Crippen molar-refractivity contribution in [1.82, 2.24) is 5.32 Å². The first-order valence-corrected chi connectivity index (χ1v) is 11.1. The Morgan fingerprint density at radius 3 is 2.45 bits per heavy atom. The van der Waals surface area contributed by atoms with Crippen molar-refractivity contribution in [3.8, 4) is 5.75 Å². The van der Waals surface area contributed by atoms with Crippen LogP contribution in [0.5, 0.6) is 5.75 Å². The zero-order valence-electron chi connectivity index (χ0n) is 16.4. The van der Waals surface area contributed by atoms with Crippen LogP contribution in [0.1, 0.15) is 30.6 Å².